The van der Waals surface area contributed by atoms with E-state index in [-0.39, 0.29) is 18.4 Å². The Balaban J connectivity index is 2.29. The molecule has 1 aromatic heterocycles. The summed E-state index contributed by atoms with van der Waals surface area (Å²) in [5.41, 5.74) is 6.23. The van der Waals surface area contributed by atoms with Crippen LogP contribution in [0.2, 0.25) is 0 Å². The van der Waals surface area contributed by atoms with E-state index >= 15 is 0 Å². The third kappa shape index (κ3) is 3.80. The Bertz CT molecular complexity index is 680. The first-order valence-electron chi connectivity index (χ1n) is 7.45. The molecule has 0 aliphatic carbocycles. The van der Waals surface area contributed by atoms with Crippen molar-refractivity contribution in [3.05, 3.63) is 24.0 Å². The highest BCUT2D eigenvalue weighted by molar-refractivity contribution is 5.78. The van der Waals surface area contributed by atoms with Gasteiger partial charge >= 0.3 is 0 Å². The lowest BCUT2D eigenvalue weighted by molar-refractivity contribution is -0.134. The van der Waals surface area contributed by atoms with Crippen molar-refractivity contribution in [2.24, 2.45) is 11.7 Å². The molecule has 1 amide bonds. The van der Waals surface area contributed by atoms with Gasteiger partial charge in [0.2, 0.25) is 5.91 Å². The van der Waals surface area contributed by atoms with E-state index in [1.165, 1.54) is 0 Å². The van der Waals surface area contributed by atoms with Gasteiger partial charge in [-0.25, -0.2) is 0 Å². The molecule has 0 bridgehead atoms. The Morgan fingerprint density at radius 2 is 1.92 bits per heavy atom. The Labute approximate surface area is 140 Å². The van der Waals surface area contributed by atoms with Crippen LogP contribution in [0.1, 0.15) is 12.7 Å². The summed E-state index contributed by atoms with van der Waals surface area (Å²) in [6.07, 6.45) is 0. The maximum Gasteiger partial charge on any atom is 0.226 e. The highest BCUT2D eigenvalue weighted by atomic mass is 16.5. The van der Waals surface area contributed by atoms with Crippen LogP contribution in [0, 0.1) is 5.92 Å². The molecule has 24 heavy (non-hydrogen) atoms. The first kappa shape index (κ1) is 17.7. The number of benzene rings is 1. The number of nitrogens with zero attached hydrogens (tertiary/aromatic N) is 5. The van der Waals surface area contributed by atoms with E-state index in [2.05, 4.69) is 15.5 Å². The van der Waals surface area contributed by atoms with E-state index in [4.69, 9.17) is 15.2 Å². The minimum absolute atomic E-state index is 0.0599. The van der Waals surface area contributed by atoms with Crippen LogP contribution in [0.5, 0.6) is 11.5 Å². The van der Waals surface area contributed by atoms with Crippen LogP contribution in [0.4, 0.5) is 0 Å². The summed E-state index contributed by atoms with van der Waals surface area (Å²) in [4.78, 5) is 13.7. The molecule has 0 aliphatic heterocycles. The molecule has 0 radical (unpaired) electrons. The molecule has 1 heterocycles. The molecule has 0 spiro atoms. The van der Waals surface area contributed by atoms with Crippen molar-refractivity contribution in [1.82, 2.24) is 25.1 Å². The Kier molecular flexibility index (Phi) is 5.69. The molecule has 130 valence electrons. The molecule has 1 atom stereocenters. The number of nitrogens with two attached hydrogens (primary N) is 1. The molecule has 0 saturated carbocycles. The second kappa shape index (κ2) is 7.73. The maximum atomic E-state index is 12.2. The molecule has 1 unspecified atom stereocenters. The molecule has 2 N–H and O–H groups in total. The molecule has 9 nitrogen and oxygen atoms in total. The van der Waals surface area contributed by atoms with Gasteiger partial charge in [0.1, 0.15) is 11.5 Å². The predicted molar refractivity (Wildman–Crippen MR) is 87.0 cm³/mol. The van der Waals surface area contributed by atoms with Gasteiger partial charge in [0, 0.05) is 37.7 Å². The third-order valence-electron chi connectivity index (χ3n) is 3.64. The molecule has 0 saturated heterocycles. The molecule has 1 aromatic carbocycles. The molecule has 0 fully saturated rings. The Morgan fingerprint density at radius 3 is 2.46 bits per heavy atom. The number of rotatable bonds is 7. The van der Waals surface area contributed by atoms with Gasteiger partial charge in [0.15, 0.2) is 5.82 Å². The van der Waals surface area contributed by atoms with Gasteiger partial charge in [-0.2, -0.15) is 4.68 Å². The van der Waals surface area contributed by atoms with Crippen molar-refractivity contribution < 1.29 is 14.3 Å². The minimum atomic E-state index is -0.253. The van der Waals surface area contributed by atoms with Crippen molar-refractivity contribution >= 4 is 5.91 Å². The number of hydrogen-bond acceptors (Lipinski definition) is 7. The van der Waals surface area contributed by atoms with E-state index < -0.39 is 0 Å². The summed E-state index contributed by atoms with van der Waals surface area (Å²) < 4.78 is 12.1. The van der Waals surface area contributed by atoms with E-state index in [0.29, 0.717) is 29.6 Å². The van der Waals surface area contributed by atoms with Crippen molar-refractivity contribution in [2.75, 3.05) is 27.8 Å². The summed E-state index contributed by atoms with van der Waals surface area (Å²) in [5, 5.41) is 11.7. The number of ether oxygens (including phenoxy) is 2. The van der Waals surface area contributed by atoms with Gasteiger partial charge < -0.3 is 20.1 Å². The van der Waals surface area contributed by atoms with Gasteiger partial charge in [-0.1, -0.05) is 6.92 Å². The second-order valence-corrected chi connectivity index (χ2v) is 5.41. The zero-order chi connectivity index (χ0) is 17.7. The fourth-order valence-corrected chi connectivity index (χ4v) is 2.19. The number of hydrogen-bond donors (Lipinski definition) is 1. The van der Waals surface area contributed by atoms with Gasteiger partial charge in [-0.15, -0.1) is 5.10 Å². The summed E-state index contributed by atoms with van der Waals surface area (Å²) in [5.74, 6) is 1.44. The molecule has 2 aromatic rings. The number of carbonyl (C=O) groups is 1. The summed E-state index contributed by atoms with van der Waals surface area (Å²) in [7, 11) is 4.83. The van der Waals surface area contributed by atoms with Crippen LogP contribution in [-0.2, 0) is 11.3 Å². The van der Waals surface area contributed by atoms with Crippen molar-refractivity contribution in [3.63, 3.8) is 0 Å². The van der Waals surface area contributed by atoms with Crippen molar-refractivity contribution in [3.8, 4) is 17.2 Å². The molecule has 0 aliphatic rings. The highest BCUT2D eigenvalue weighted by Crippen LogP contribution is 2.25. The molecular weight excluding hydrogens is 312 g/mol. The average Bonchev–Trinajstić information content (AvgIpc) is 3.07. The second-order valence-electron chi connectivity index (χ2n) is 5.41. The van der Waals surface area contributed by atoms with Crippen LogP contribution < -0.4 is 15.2 Å². The summed E-state index contributed by atoms with van der Waals surface area (Å²) >= 11 is 0. The fourth-order valence-electron chi connectivity index (χ4n) is 2.19. The largest absolute Gasteiger partial charge is 0.497 e. The van der Waals surface area contributed by atoms with Crippen LogP contribution in [-0.4, -0.2) is 58.8 Å². The van der Waals surface area contributed by atoms with E-state index in [9.17, 15) is 4.79 Å². The number of aromatic nitrogens is 4. The molecule has 9 heteroatoms. The first-order chi connectivity index (χ1) is 11.5. The standard InChI is InChI=1S/C15H22N6O3/c1-10(8-16)15(22)20(2)9-14-17-18-19-21(14)11-5-12(23-3)7-13(6-11)24-4/h5-7,10H,8-9,16H2,1-4H3. The van der Waals surface area contributed by atoms with Crippen molar-refractivity contribution in [1.29, 1.82) is 0 Å². The monoisotopic (exact) mass is 334 g/mol. The smallest absolute Gasteiger partial charge is 0.226 e. The minimum Gasteiger partial charge on any atom is -0.497 e. The quantitative estimate of drug-likeness (QED) is 0.772. The van der Waals surface area contributed by atoms with Crippen LogP contribution >= 0.6 is 0 Å². The predicted octanol–water partition coefficient (Wildman–Crippen LogP) is 0.233. The third-order valence-corrected chi connectivity index (χ3v) is 3.64. The van der Waals surface area contributed by atoms with Gasteiger partial charge in [0.25, 0.3) is 0 Å². The van der Waals surface area contributed by atoms with Crippen molar-refractivity contribution in [2.45, 2.75) is 13.5 Å². The van der Waals surface area contributed by atoms with Gasteiger partial charge in [-0.3, -0.25) is 4.79 Å². The highest BCUT2D eigenvalue weighted by Gasteiger charge is 2.19. The molecule has 2 rings (SSSR count). The average molecular weight is 334 g/mol. The van der Waals surface area contributed by atoms with E-state index in [0.717, 1.165) is 0 Å². The fraction of sp³-hybridized carbons (Fsp3) is 0.467. The van der Waals surface area contributed by atoms with E-state index in [1.54, 1.807) is 56.0 Å². The number of tetrazole rings is 1. The van der Waals surface area contributed by atoms with Crippen LogP contribution in [0.25, 0.3) is 5.69 Å². The lowest BCUT2D eigenvalue weighted by atomic mass is 10.1. The first-order valence-corrected chi connectivity index (χ1v) is 7.45. The number of carbonyl (C=O) groups excluding carboxylic acids is 1. The maximum absolute atomic E-state index is 12.2. The van der Waals surface area contributed by atoms with Crippen LogP contribution in [0.3, 0.4) is 0 Å². The Morgan fingerprint density at radius 1 is 1.29 bits per heavy atom. The Hall–Kier alpha value is -2.68. The zero-order valence-electron chi connectivity index (χ0n) is 14.3. The normalized spacial score (nSPS) is 11.9. The zero-order valence-corrected chi connectivity index (χ0v) is 14.3. The van der Waals surface area contributed by atoms with Gasteiger partial charge in [-0.05, 0) is 10.4 Å². The lowest BCUT2D eigenvalue weighted by Gasteiger charge is -2.20. The topological polar surface area (TPSA) is 108 Å². The molecular formula is C15H22N6O3. The SMILES string of the molecule is COc1cc(OC)cc(-n2nnnc2CN(C)C(=O)C(C)CN)c1. The van der Waals surface area contributed by atoms with Gasteiger partial charge in [0.05, 0.1) is 26.5 Å². The number of amides is 1. The summed E-state index contributed by atoms with van der Waals surface area (Å²) in [6.45, 7) is 2.34. The van der Waals surface area contributed by atoms with E-state index in [1.807, 2.05) is 0 Å². The number of methoxy groups -OCH3 is 2. The van der Waals surface area contributed by atoms with Crippen LogP contribution in [0.15, 0.2) is 18.2 Å². The lowest BCUT2D eigenvalue weighted by Crippen LogP contribution is -2.35. The summed E-state index contributed by atoms with van der Waals surface area (Å²) in [6, 6.07) is 5.32.